The zero-order valence-corrected chi connectivity index (χ0v) is 18.7. The summed E-state index contributed by atoms with van der Waals surface area (Å²) in [4.78, 5) is 0. The molecular formula is CH6IN2PSVY3-2. The Labute approximate surface area is 167 Å². The standard InChI is InChI=1S/CH2INPS.HN.V.3Y.4H/c2-1-4-3-5;;;;;;;;;/h1,5H;1H;;;;;;;;/q-1;;;;;;;;;/p-1/i;;;;;;2*1+2;2*1+1. The maximum atomic E-state index is 6.06. The van der Waals surface area contributed by atoms with Gasteiger partial charge in [-0.15, -0.1) is 0 Å². The van der Waals surface area contributed by atoms with E-state index in [4.69, 9.17) is 5.21 Å². The smallest absolute Gasteiger partial charge is 0 e. The van der Waals surface area contributed by atoms with Crippen LogP contribution >= 0.6 is 31.0 Å². The first-order valence-corrected chi connectivity index (χ1v) is 5.09. The third-order valence-electron chi connectivity index (χ3n) is 0.0908. The zero-order chi connectivity index (χ0) is 10.4. The van der Waals surface area contributed by atoms with Crippen LogP contribution in [0.2, 0.25) is 0 Å². The molecule has 0 rings (SSSR count). The van der Waals surface area contributed by atoms with Gasteiger partial charge in [0.15, 0.2) is 0 Å². The molecule has 0 amide bonds. The summed E-state index contributed by atoms with van der Waals surface area (Å²) in [6.45, 7) is 0. The van der Waals surface area contributed by atoms with Crippen molar-refractivity contribution in [3.63, 3.8) is 0 Å². The van der Waals surface area contributed by atoms with E-state index in [-0.39, 0.29) is 65.4 Å². The number of nitrogens with one attached hydrogen (secondary N) is 1. The van der Waals surface area contributed by atoms with Gasteiger partial charge < -0.3 is 39.6 Å². The topological polar surface area (TPSA) is 36.2 Å². The molecule has 2 nitrogen and oxygen atoms in total. The number of hydrogen-bond donors (Lipinski definition) is 1. The van der Waals surface area contributed by atoms with E-state index in [9.17, 15) is 0 Å². The number of halogens is 1. The second-order valence-electron chi connectivity index (χ2n) is 0.295. The predicted octanol–water partition coefficient (Wildman–Crippen LogP) is 1.35. The average Bonchev–Trinajstić information content (AvgIpc) is 1.89. The molecule has 0 unspecified atom stereocenters. The molecule has 54 valence electrons. The van der Waals surface area contributed by atoms with Gasteiger partial charge >= 0.3 is 53.9 Å². The molecule has 0 bridgehead atoms. The summed E-state index contributed by atoms with van der Waals surface area (Å²) >= 11 is 2.49. The molecule has 0 heterocycles. The Morgan fingerprint density at radius 3 is 2.50 bits per heavy atom. The molecule has 0 aliphatic carbocycles. The van der Waals surface area contributed by atoms with E-state index in [2.05, 4.69) is 39.6 Å². The Hall–Kier alpha value is 4.88. The maximum Gasteiger partial charge on any atom is 0 e. The van der Waals surface area contributed by atoms with Crippen LogP contribution in [0.3, 0.4) is 0 Å². The van der Waals surface area contributed by atoms with Crippen LogP contribution in [0.5, 0.6) is 0 Å². The van der Waals surface area contributed by atoms with Crippen LogP contribution in [0, 0.1) is 6.64 Å². The Bertz CT molecular complexity index is 114. The van der Waals surface area contributed by atoms with Gasteiger partial charge in [0.2, 0.25) is 0 Å². The minimum Gasteiger partial charge on any atom is -0.641 e. The molecule has 0 spiro atoms. The van der Waals surface area contributed by atoms with Crippen LogP contribution in [0.15, 0.2) is 4.15 Å². The van der Waals surface area contributed by atoms with Crippen LogP contribution in [-0.4, -0.2) is 2.74 Å². The van der Waals surface area contributed by atoms with Gasteiger partial charge in [0, 0.05) is 65.4 Å². The van der Waals surface area contributed by atoms with Gasteiger partial charge in [-0.2, -0.15) is 0 Å². The fraction of sp³-hybridized carbons (Fsp3) is 0. The Kier molecular flexibility index (Phi) is 55.2. The first-order valence-electron chi connectivity index (χ1n) is 3.07. The van der Waals surface area contributed by atoms with Crippen molar-refractivity contribution >= 4 is 43.8 Å². The minimum atomic E-state index is -2.44. The van der Waals surface area contributed by atoms with Crippen molar-refractivity contribution in [2.24, 2.45) is 4.15 Å². The molecule has 0 aromatic rings. The van der Waals surface area contributed by atoms with E-state index in [0.717, 1.165) is 8.37 Å². The summed E-state index contributed by atoms with van der Waals surface area (Å²) in [5, 5.41) is 0. The van der Waals surface area contributed by atoms with Crippen LogP contribution < -0.4 is 0 Å². The fourth-order valence-electron chi connectivity index (χ4n) is 0.0178. The molecule has 0 aliphatic heterocycles. The zero-order valence-electron chi connectivity index (χ0n) is 8.94. The summed E-state index contributed by atoms with van der Waals surface area (Å²) in [6.07, 6.45) is 0. The number of hydrogen-bond acceptors (Lipinski definition) is 3. The summed E-state index contributed by atoms with van der Waals surface area (Å²) in [5.74, 6) is 0. The molecule has 0 saturated carbocycles. The average molecular weight is 560 g/mol. The van der Waals surface area contributed by atoms with Crippen molar-refractivity contribution < 1.29 is 114 Å². The Morgan fingerprint density at radius 1 is 2.20 bits per heavy atom. The molecule has 2 radical (unpaired) electrons. The van der Waals surface area contributed by atoms with E-state index >= 15 is 0 Å². The molecule has 10 heavy (non-hydrogen) atoms. The van der Waals surface area contributed by atoms with Gasteiger partial charge in [-0.25, -0.2) is 12.5 Å². The molecule has 0 saturated heterocycles. The molecule has 0 aromatic heterocycles. The van der Waals surface area contributed by atoms with Crippen molar-refractivity contribution in [2.45, 2.75) is 0 Å². The molecule has 0 aromatic carbocycles. The van der Waals surface area contributed by atoms with E-state index in [0.29, 0.717) is 0 Å². The van der Waals surface area contributed by atoms with E-state index in [1.165, 1.54) is 0 Å². The Balaban J connectivity index is -0.0000000278. The maximum absolute atomic E-state index is 6.06. The largest absolute Gasteiger partial charge is 0.641 e. The van der Waals surface area contributed by atoms with E-state index < -0.39 is 48.7 Å². The van der Waals surface area contributed by atoms with Crippen LogP contribution in [0.4, 0.5) is 0 Å². The van der Waals surface area contributed by atoms with Crippen LogP contribution in [0.25, 0.3) is 0 Å². The van der Waals surface area contributed by atoms with Crippen molar-refractivity contribution in [3.8, 4) is 0 Å². The van der Waals surface area contributed by atoms with Gasteiger partial charge in [0.25, 0.3) is 0 Å². The third-order valence-corrected chi connectivity index (χ3v) is 1.30. The second-order valence-corrected chi connectivity index (χ2v) is 3.05. The van der Waals surface area contributed by atoms with Gasteiger partial charge in [-0.3, -0.25) is 0 Å². The summed E-state index contributed by atoms with van der Waals surface area (Å²) in [6, 6.07) is 0. The minimum absolute atomic E-state index is 0. The first kappa shape index (κ1) is 14.9. The van der Waals surface area contributed by atoms with Crippen molar-refractivity contribution in [1.29, 1.82) is 5.21 Å². The molecule has 0 fully saturated rings. The number of rotatable bonds is 1. The predicted molar refractivity (Wildman–Crippen MR) is 43.3 cm³/mol. The summed E-state index contributed by atoms with van der Waals surface area (Å²) in [7, 11) is 0.882. The van der Waals surface area contributed by atoms with Gasteiger partial charge in [0.05, 0.1) is 0 Å². The molecular weight excluding hydrogens is 548 g/mol. The summed E-state index contributed by atoms with van der Waals surface area (Å²) < 4.78 is 35.5. The normalized spacial score (nSPS) is 9.90. The first-order chi connectivity index (χ1) is 5.56. The fourth-order valence-corrected chi connectivity index (χ4v) is 1.08. The van der Waals surface area contributed by atoms with Gasteiger partial charge in [-0.05, 0) is 0 Å². The van der Waals surface area contributed by atoms with E-state index in [1.54, 1.807) is 0 Å². The molecule has 1 N–H and O–H groups in total. The monoisotopic (exact) mass is 560 g/mol. The quantitative estimate of drug-likeness (QED) is 0.224. The van der Waals surface area contributed by atoms with Crippen LogP contribution in [0.1, 0.15) is 0 Å². The van der Waals surface area contributed by atoms with E-state index in [1.807, 2.05) is 4.17 Å². The van der Waals surface area contributed by atoms with Crippen LogP contribution in [-0.2, 0) is 127 Å². The van der Waals surface area contributed by atoms with Gasteiger partial charge in [0.1, 0.15) is 0 Å². The molecule has 9 heteroatoms. The van der Waals surface area contributed by atoms with Crippen molar-refractivity contribution in [1.82, 2.24) is 0 Å². The molecule has 0 atom stereocenters. The SMILES string of the molecule is [2H][V]([3H])[3H].[2H][Y]=[NH].[S-]N=P[CH-]I.[Y].[Y]. The Morgan fingerprint density at radius 2 is 2.50 bits per heavy atom. The molecule has 0 aliphatic rings. The van der Waals surface area contributed by atoms with Gasteiger partial charge in [-0.1, -0.05) is 0 Å². The van der Waals surface area contributed by atoms with Crippen molar-refractivity contribution in [2.75, 3.05) is 0 Å². The summed E-state index contributed by atoms with van der Waals surface area (Å²) in [5.41, 5.74) is 0. The number of nitrogens with zero attached hydrogens (tertiary/aromatic N) is 1. The second kappa shape index (κ2) is 37.1. The third kappa shape index (κ3) is 38.4. The van der Waals surface area contributed by atoms with Crippen molar-refractivity contribution in [3.05, 3.63) is 4.17 Å².